The number of para-hydroxylation sites is 1. The van der Waals surface area contributed by atoms with Crippen LogP contribution in [0, 0.1) is 0 Å². The zero-order valence-corrected chi connectivity index (χ0v) is 13.0. The smallest absolute Gasteiger partial charge is 0.279 e. The Bertz CT molecular complexity index is 410. The van der Waals surface area contributed by atoms with Crippen LogP contribution in [0.2, 0.25) is 0 Å². The Morgan fingerprint density at radius 2 is 1.58 bits per heavy atom. The predicted molar refractivity (Wildman–Crippen MR) is 80.9 cm³/mol. The highest BCUT2D eigenvalue weighted by molar-refractivity contribution is 5.93. The predicted octanol–water partition coefficient (Wildman–Crippen LogP) is 2.02. The van der Waals surface area contributed by atoms with Crippen LogP contribution in [-0.2, 0) is 4.79 Å². The molecule has 0 bridgehead atoms. The van der Waals surface area contributed by atoms with E-state index in [1.165, 1.54) is 11.1 Å². The van der Waals surface area contributed by atoms with E-state index in [-0.39, 0.29) is 5.91 Å². The van der Waals surface area contributed by atoms with E-state index in [1.54, 1.807) is 0 Å². The van der Waals surface area contributed by atoms with Crippen molar-refractivity contribution in [2.24, 2.45) is 0 Å². The summed E-state index contributed by atoms with van der Waals surface area (Å²) in [5.41, 5.74) is 3.44. The molecule has 0 aliphatic heterocycles. The molecule has 0 unspecified atom stereocenters. The standard InChI is InChI=1S/C16H26N2O/c1-11(2)13-8-7-9-14(12(3)4)16(13)17-15(19)10-18(5)6/h7-9,11-12H,10H2,1-6H3,(H,17,19)/p+1. The normalized spacial score (nSPS) is 11.4. The summed E-state index contributed by atoms with van der Waals surface area (Å²) in [4.78, 5) is 13.2. The second-order valence-electron chi connectivity index (χ2n) is 6.05. The summed E-state index contributed by atoms with van der Waals surface area (Å²) >= 11 is 0. The van der Waals surface area contributed by atoms with Crippen molar-refractivity contribution < 1.29 is 9.69 Å². The van der Waals surface area contributed by atoms with Crippen LogP contribution in [0.1, 0.15) is 50.7 Å². The molecule has 0 spiro atoms. The van der Waals surface area contributed by atoms with Crippen molar-refractivity contribution in [3.05, 3.63) is 29.3 Å². The van der Waals surface area contributed by atoms with E-state index in [9.17, 15) is 4.79 Å². The van der Waals surface area contributed by atoms with Gasteiger partial charge in [0.15, 0.2) is 6.54 Å². The van der Waals surface area contributed by atoms with Crippen LogP contribution in [0.5, 0.6) is 0 Å². The third kappa shape index (κ3) is 4.35. The van der Waals surface area contributed by atoms with Crippen LogP contribution < -0.4 is 10.2 Å². The van der Waals surface area contributed by atoms with E-state index in [0.29, 0.717) is 18.4 Å². The largest absolute Gasteiger partial charge is 0.332 e. The van der Waals surface area contributed by atoms with Crippen LogP contribution in [0.25, 0.3) is 0 Å². The highest BCUT2D eigenvalue weighted by Crippen LogP contribution is 2.32. The average molecular weight is 263 g/mol. The summed E-state index contributed by atoms with van der Waals surface area (Å²) in [6.45, 7) is 9.13. The molecule has 1 rings (SSSR count). The molecule has 0 aromatic heterocycles. The average Bonchev–Trinajstić information content (AvgIpc) is 2.27. The van der Waals surface area contributed by atoms with Crippen molar-refractivity contribution in [2.75, 3.05) is 26.0 Å². The van der Waals surface area contributed by atoms with Crippen molar-refractivity contribution in [1.29, 1.82) is 0 Å². The number of carbonyl (C=O) groups excluding carboxylic acids is 1. The molecule has 19 heavy (non-hydrogen) atoms. The molecule has 0 heterocycles. The summed E-state index contributed by atoms with van der Waals surface area (Å²) in [7, 11) is 3.97. The lowest BCUT2D eigenvalue weighted by molar-refractivity contribution is -0.849. The lowest BCUT2D eigenvalue weighted by Crippen LogP contribution is -3.06. The molecular weight excluding hydrogens is 236 g/mol. The van der Waals surface area contributed by atoms with E-state index in [1.807, 2.05) is 14.1 Å². The number of likely N-dealkylation sites (N-methyl/N-ethyl adjacent to an activating group) is 1. The Morgan fingerprint density at radius 1 is 1.11 bits per heavy atom. The van der Waals surface area contributed by atoms with Gasteiger partial charge in [-0.05, 0) is 23.0 Å². The summed E-state index contributed by atoms with van der Waals surface area (Å²) in [5.74, 6) is 0.886. The maximum atomic E-state index is 12.0. The van der Waals surface area contributed by atoms with Crippen LogP contribution in [0.4, 0.5) is 5.69 Å². The number of rotatable bonds is 5. The summed E-state index contributed by atoms with van der Waals surface area (Å²) in [6, 6.07) is 6.29. The van der Waals surface area contributed by atoms with Crippen LogP contribution in [0.15, 0.2) is 18.2 Å². The van der Waals surface area contributed by atoms with Gasteiger partial charge in [-0.1, -0.05) is 45.9 Å². The Balaban J connectivity index is 3.11. The van der Waals surface area contributed by atoms with E-state index >= 15 is 0 Å². The van der Waals surface area contributed by atoms with E-state index in [2.05, 4.69) is 51.2 Å². The van der Waals surface area contributed by atoms with Gasteiger partial charge in [0.2, 0.25) is 0 Å². The number of benzene rings is 1. The summed E-state index contributed by atoms with van der Waals surface area (Å²) in [6.07, 6.45) is 0. The summed E-state index contributed by atoms with van der Waals surface area (Å²) < 4.78 is 0. The molecule has 0 atom stereocenters. The minimum absolute atomic E-state index is 0.0787. The third-order valence-corrected chi connectivity index (χ3v) is 3.15. The fourth-order valence-electron chi connectivity index (χ4n) is 2.20. The number of carbonyl (C=O) groups is 1. The Morgan fingerprint density at radius 3 is 1.95 bits per heavy atom. The first-order valence-corrected chi connectivity index (χ1v) is 7.04. The van der Waals surface area contributed by atoms with E-state index < -0.39 is 0 Å². The van der Waals surface area contributed by atoms with Gasteiger partial charge in [-0.2, -0.15) is 0 Å². The molecule has 0 aliphatic rings. The first-order chi connectivity index (χ1) is 8.82. The Labute approximate surface area is 117 Å². The van der Waals surface area contributed by atoms with Crippen molar-refractivity contribution in [3.8, 4) is 0 Å². The topological polar surface area (TPSA) is 33.5 Å². The molecule has 106 valence electrons. The molecule has 2 N–H and O–H groups in total. The minimum Gasteiger partial charge on any atom is -0.332 e. The van der Waals surface area contributed by atoms with Gasteiger partial charge in [0.05, 0.1) is 14.1 Å². The fourth-order valence-corrected chi connectivity index (χ4v) is 2.20. The van der Waals surface area contributed by atoms with E-state index in [0.717, 1.165) is 10.6 Å². The molecule has 0 aliphatic carbocycles. The SMILES string of the molecule is CC(C)c1cccc(C(C)C)c1NC(=O)C[NH+](C)C. The van der Waals surface area contributed by atoms with Gasteiger partial charge >= 0.3 is 0 Å². The Hall–Kier alpha value is -1.35. The number of anilines is 1. The molecule has 3 nitrogen and oxygen atoms in total. The quantitative estimate of drug-likeness (QED) is 0.837. The van der Waals surface area contributed by atoms with Crippen LogP contribution in [0.3, 0.4) is 0 Å². The lowest BCUT2D eigenvalue weighted by Gasteiger charge is -2.20. The molecule has 1 aromatic rings. The van der Waals surface area contributed by atoms with Gasteiger partial charge in [-0.25, -0.2) is 0 Å². The van der Waals surface area contributed by atoms with Crippen LogP contribution >= 0.6 is 0 Å². The van der Waals surface area contributed by atoms with Gasteiger partial charge in [0, 0.05) is 5.69 Å². The number of hydrogen-bond donors (Lipinski definition) is 2. The van der Waals surface area contributed by atoms with Gasteiger partial charge in [0.1, 0.15) is 0 Å². The highest BCUT2D eigenvalue weighted by atomic mass is 16.2. The van der Waals surface area contributed by atoms with Gasteiger partial charge in [-0.15, -0.1) is 0 Å². The Kier molecular flexibility index (Phi) is 5.55. The molecule has 0 saturated carbocycles. The molecule has 0 saturated heterocycles. The second kappa shape index (κ2) is 6.71. The van der Waals surface area contributed by atoms with Crippen molar-refractivity contribution >= 4 is 11.6 Å². The van der Waals surface area contributed by atoms with E-state index in [4.69, 9.17) is 0 Å². The zero-order chi connectivity index (χ0) is 14.6. The van der Waals surface area contributed by atoms with Crippen molar-refractivity contribution in [3.63, 3.8) is 0 Å². The van der Waals surface area contributed by atoms with Gasteiger partial charge < -0.3 is 10.2 Å². The second-order valence-corrected chi connectivity index (χ2v) is 6.05. The van der Waals surface area contributed by atoms with Crippen molar-refractivity contribution in [1.82, 2.24) is 0 Å². The minimum atomic E-state index is 0.0787. The maximum Gasteiger partial charge on any atom is 0.279 e. The monoisotopic (exact) mass is 263 g/mol. The molecule has 0 radical (unpaired) electrons. The molecule has 1 aromatic carbocycles. The zero-order valence-electron chi connectivity index (χ0n) is 13.0. The third-order valence-electron chi connectivity index (χ3n) is 3.15. The lowest BCUT2D eigenvalue weighted by atomic mass is 9.92. The number of quaternary nitrogens is 1. The van der Waals surface area contributed by atoms with Crippen molar-refractivity contribution in [2.45, 2.75) is 39.5 Å². The molecule has 0 fully saturated rings. The number of amides is 1. The first kappa shape index (κ1) is 15.7. The highest BCUT2D eigenvalue weighted by Gasteiger charge is 2.16. The summed E-state index contributed by atoms with van der Waals surface area (Å²) in [5, 5.41) is 3.11. The number of hydrogen-bond acceptors (Lipinski definition) is 1. The fraction of sp³-hybridized carbons (Fsp3) is 0.562. The van der Waals surface area contributed by atoms with Crippen LogP contribution in [-0.4, -0.2) is 26.5 Å². The maximum absolute atomic E-state index is 12.0. The van der Waals surface area contributed by atoms with Gasteiger partial charge in [0.25, 0.3) is 5.91 Å². The first-order valence-electron chi connectivity index (χ1n) is 7.04. The molecular formula is C16H27N2O+. The number of nitrogens with one attached hydrogen (secondary N) is 2. The molecule has 1 amide bonds. The molecule has 3 heteroatoms. The van der Waals surface area contributed by atoms with Gasteiger partial charge in [-0.3, -0.25) is 4.79 Å².